The van der Waals surface area contributed by atoms with Gasteiger partial charge in [-0.3, -0.25) is 25.0 Å². The van der Waals surface area contributed by atoms with Gasteiger partial charge in [0.1, 0.15) is 5.75 Å². The van der Waals surface area contributed by atoms with Crippen LogP contribution in [-0.2, 0) is 0 Å². The highest BCUT2D eigenvalue weighted by atomic mass is 16.6. The molecule has 0 saturated carbocycles. The van der Waals surface area contributed by atoms with Crippen molar-refractivity contribution in [2.45, 2.75) is 6.42 Å². The van der Waals surface area contributed by atoms with E-state index in [1.807, 2.05) is 54.6 Å². The smallest absolute Gasteiger partial charge is 0.277 e. The summed E-state index contributed by atoms with van der Waals surface area (Å²) in [5.41, 5.74) is 1.02. The molecule has 0 aliphatic carbocycles. The molecule has 9 nitrogen and oxygen atoms in total. The van der Waals surface area contributed by atoms with Crippen LogP contribution in [0.1, 0.15) is 16.8 Å². The number of rotatable bonds is 9. The quantitative estimate of drug-likeness (QED) is 0.311. The first-order valence-electron chi connectivity index (χ1n) is 9.44. The number of benzene rings is 3. The molecule has 0 heterocycles. The summed E-state index contributed by atoms with van der Waals surface area (Å²) in [6, 6.07) is 20.4. The first-order chi connectivity index (χ1) is 14.9. The van der Waals surface area contributed by atoms with Crippen molar-refractivity contribution in [3.63, 3.8) is 0 Å². The van der Waals surface area contributed by atoms with E-state index >= 15 is 0 Å². The van der Waals surface area contributed by atoms with E-state index in [-0.39, 0.29) is 12.1 Å². The zero-order valence-electron chi connectivity index (χ0n) is 16.4. The van der Waals surface area contributed by atoms with Crippen LogP contribution in [0.15, 0.2) is 72.8 Å². The van der Waals surface area contributed by atoms with Crippen LogP contribution >= 0.6 is 0 Å². The van der Waals surface area contributed by atoms with Gasteiger partial charge in [-0.25, -0.2) is 0 Å². The number of amides is 1. The molecule has 0 aromatic heterocycles. The molecule has 0 radical (unpaired) electrons. The van der Waals surface area contributed by atoms with Crippen molar-refractivity contribution < 1.29 is 19.4 Å². The number of non-ortho nitro benzene ring substituents is 2. The zero-order chi connectivity index (χ0) is 22.2. The van der Waals surface area contributed by atoms with Gasteiger partial charge in [0.05, 0.1) is 28.1 Å². The predicted molar refractivity (Wildman–Crippen MR) is 114 cm³/mol. The highest BCUT2D eigenvalue weighted by Crippen LogP contribution is 2.23. The lowest BCUT2D eigenvalue weighted by Crippen LogP contribution is -2.25. The Kier molecular flexibility index (Phi) is 6.89. The summed E-state index contributed by atoms with van der Waals surface area (Å²) in [6.07, 6.45) is 0.489. The molecule has 158 valence electrons. The summed E-state index contributed by atoms with van der Waals surface area (Å²) in [5, 5.41) is 24.4. The maximum Gasteiger partial charge on any atom is 0.277 e. The maximum absolute atomic E-state index is 12.2. The number of hydrogen-bond donors (Lipinski definition) is 1. The summed E-state index contributed by atoms with van der Waals surface area (Å²) in [4.78, 5) is 32.5. The Hall–Kier alpha value is -4.27. The number of nitro groups is 2. The Morgan fingerprint density at radius 1 is 0.839 bits per heavy atom. The number of nitrogens with zero attached hydrogens (tertiary/aromatic N) is 2. The van der Waals surface area contributed by atoms with Gasteiger partial charge in [0.15, 0.2) is 0 Å². The molecule has 3 rings (SSSR count). The van der Waals surface area contributed by atoms with E-state index in [1.54, 1.807) is 0 Å². The minimum absolute atomic E-state index is 0.140. The third-order valence-corrected chi connectivity index (χ3v) is 4.42. The van der Waals surface area contributed by atoms with E-state index in [0.29, 0.717) is 18.8 Å². The van der Waals surface area contributed by atoms with Gasteiger partial charge in [-0.15, -0.1) is 0 Å². The van der Waals surface area contributed by atoms with E-state index in [0.717, 1.165) is 29.3 Å². The fraction of sp³-hybridized carbons (Fsp3) is 0.136. The Balaban J connectivity index is 1.48. The van der Waals surface area contributed by atoms with Crippen LogP contribution in [0.5, 0.6) is 5.75 Å². The second kappa shape index (κ2) is 9.97. The Morgan fingerprint density at radius 3 is 2.00 bits per heavy atom. The Morgan fingerprint density at radius 2 is 1.42 bits per heavy atom. The molecule has 1 amide bonds. The van der Waals surface area contributed by atoms with Crippen molar-refractivity contribution in [3.05, 3.63) is 98.6 Å². The number of nitrogens with one attached hydrogen (secondary N) is 1. The third-order valence-electron chi connectivity index (χ3n) is 4.42. The molecular formula is C22H19N3O6. The molecule has 0 aliphatic rings. The van der Waals surface area contributed by atoms with Gasteiger partial charge < -0.3 is 10.1 Å². The Labute approximate surface area is 177 Å². The molecule has 1 N–H and O–H groups in total. The van der Waals surface area contributed by atoms with Gasteiger partial charge in [-0.1, -0.05) is 42.5 Å². The molecule has 0 spiro atoms. The number of hydrogen-bond acceptors (Lipinski definition) is 6. The van der Waals surface area contributed by atoms with Crippen molar-refractivity contribution in [1.82, 2.24) is 5.32 Å². The average Bonchev–Trinajstić information content (AvgIpc) is 2.79. The lowest BCUT2D eigenvalue weighted by atomic mass is 10.1. The summed E-state index contributed by atoms with van der Waals surface area (Å²) in [6.45, 7) is 0.595. The van der Waals surface area contributed by atoms with Crippen LogP contribution in [0.25, 0.3) is 11.1 Å². The van der Waals surface area contributed by atoms with Gasteiger partial charge in [0.25, 0.3) is 17.3 Å². The van der Waals surface area contributed by atoms with E-state index in [2.05, 4.69) is 5.32 Å². The van der Waals surface area contributed by atoms with Gasteiger partial charge >= 0.3 is 0 Å². The van der Waals surface area contributed by atoms with Gasteiger partial charge in [-0.05, 0) is 29.7 Å². The van der Waals surface area contributed by atoms with E-state index < -0.39 is 27.1 Å². The number of carbonyl (C=O) groups is 1. The van der Waals surface area contributed by atoms with Crippen LogP contribution in [-0.4, -0.2) is 28.9 Å². The van der Waals surface area contributed by atoms with Crippen molar-refractivity contribution in [2.24, 2.45) is 0 Å². The lowest BCUT2D eigenvalue weighted by Gasteiger charge is -2.09. The van der Waals surface area contributed by atoms with Crippen LogP contribution in [0.3, 0.4) is 0 Å². The highest BCUT2D eigenvalue weighted by molar-refractivity contribution is 5.95. The number of carbonyl (C=O) groups excluding carboxylic acids is 1. The average molecular weight is 421 g/mol. The Bertz CT molecular complexity index is 1050. The van der Waals surface area contributed by atoms with Crippen molar-refractivity contribution in [3.8, 4) is 16.9 Å². The molecule has 0 aliphatic heterocycles. The largest absolute Gasteiger partial charge is 0.494 e. The molecule has 0 bridgehead atoms. The SMILES string of the molecule is O=C(NCCCOc1ccc(-c2ccccc2)cc1)c1cc([N+](=O)[O-])cc([N+](=O)[O-])c1. The van der Waals surface area contributed by atoms with Gasteiger partial charge in [0, 0.05) is 18.7 Å². The van der Waals surface area contributed by atoms with Crippen molar-refractivity contribution >= 4 is 17.3 Å². The second-order valence-electron chi connectivity index (χ2n) is 6.60. The van der Waals surface area contributed by atoms with Crippen LogP contribution < -0.4 is 10.1 Å². The number of ether oxygens (including phenoxy) is 1. The number of nitro benzene ring substituents is 2. The summed E-state index contributed by atoms with van der Waals surface area (Å²) in [5.74, 6) is 0.0688. The fourth-order valence-electron chi connectivity index (χ4n) is 2.88. The van der Waals surface area contributed by atoms with Crippen LogP contribution in [0.4, 0.5) is 11.4 Å². The second-order valence-corrected chi connectivity index (χ2v) is 6.60. The fourth-order valence-corrected chi connectivity index (χ4v) is 2.88. The van der Waals surface area contributed by atoms with Crippen LogP contribution in [0.2, 0.25) is 0 Å². The molecule has 9 heteroatoms. The maximum atomic E-state index is 12.2. The molecule has 3 aromatic rings. The normalized spacial score (nSPS) is 10.3. The highest BCUT2D eigenvalue weighted by Gasteiger charge is 2.19. The molecule has 0 unspecified atom stereocenters. The molecular weight excluding hydrogens is 402 g/mol. The molecule has 0 atom stereocenters. The van der Waals surface area contributed by atoms with E-state index in [9.17, 15) is 25.0 Å². The standard InChI is InChI=1S/C22H19N3O6/c26-22(18-13-19(24(27)28)15-20(14-18)25(29)30)23-11-4-12-31-21-9-7-17(8-10-21)16-5-2-1-3-6-16/h1-3,5-10,13-15H,4,11-12H2,(H,23,26). The topological polar surface area (TPSA) is 125 Å². The zero-order valence-corrected chi connectivity index (χ0v) is 16.4. The monoisotopic (exact) mass is 421 g/mol. The van der Waals surface area contributed by atoms with Crippen molar-refractivity contribution in [2.75, 3.05) is 13.2 Å². The first-order valence-corrected chi connectivity index (χ1v) is 9.44. The predicted octanol–water partition coefficient (Wildman–Crippen LogP) is 4.37. The molecule has 3 aromatic carbocycles. The minimum atomic E-state index is -0.777. The molecule has 31 heavy (non-hydrogen) atoms. The summed E-state index contributed by atoms with van der Waals surface area (Å²) < 4.78 is 5.66. The van der Waals surface area contributed by atoms with Gasteiger partial charge in [-0.2, -0.15) is 0 Å². The third kappa shape index (κ3) is 5.86. The summed E-state index contributed by atoms with van der Waals surface area (Å²) >= 11 is 0. The minimum Gasteiger partial charge on any atom is -0.494 e. The molecule has 0 fully saturated rings. The van der Waals surface area contributed by atoms with E-state index in [1.165, 1.54) is 0 Å². The molecule has 0 saturated heterocycles. The first kappa shape index (κ1) is 21.4. The van der Waals surface area contributed by atoms with Crippen LogP contribution in [0, 0.1) is 20.2 Å². The van der Waals surface area contributed by atoms with Crippen molar-refractivity contribution in [1.29, 1.82) is 0 Å². The van der Waals surface area contributed by atoms with Gasteiger partial charge in [0.2, 0.25) is 0 Å². The summed E-state index contributed by atoms with van der Waals surface area (Å²) in [7, 11) is 0. The lowest BCUT2D eigenvalue weighted by molar-refractivity contribution is -0.394. The van der Waals surface area contributed by atoms with E-state index in [4.69, 9.17) is 4.74 Å².